The number of halogens is 4. The van der Waals surface area contributed by atoms with Crippen molar-refractivity contribution in [1.82, 2.24) is 9.62 Å². The molecule has 1 heterocycles. The lowest BCUT2D eigenvalue weighted by Crippen LogP contribution is -2.44. The number of benzene rings is 1. The van der Waals surface area contributed by atoms with Crippen molar-refractivity contribution in [2.24, 2.45) is 0 Å². The number of hydrogen-bond donors (Lipinski definition) is 1. The third-order valence-corrected chi connectivity index (χ3v) is 5.77. The lowest BCUT2D eigenvalue weighted by atomic mass is 10.1. The molecular formula is C14H20ClF3N2O2S. The Labute approximate surface area is 140 Å². The molecule has 132 valence electrons. The Kier molecular flexibility index (Phi) is 6.88. The van der Waals surface area contributed by atoms with Crippen LogP contribution < -0.4 is 5.32 Å². The molecule has 1 fully saturated rings. The third-order valence-electron chi connectivity index (χ3n) is 3.92. The number of sulfonamides is 1. The fourth-order valence-corrected chi connectivity index (χ4v) is 4.13. The zero-order valence-electron chi connectivity index (χ0n) is 12.6. The standard InChI is InChI=1S/C14H19F3N2O2S.ClH/c1-19(12-6-8-18-9-7-12)22(20,21)10-11-4-2-3-5-13(11)14(15,16)17;/h2-5,12,18H,6-10H2,1H3;1H. The van der Waals surface area contributed by atoms with E-state index in [1.54, 1.807) is 0 Å². The lowest BCUT2D eigenvalue weighted by Gasteiger charge is -2.31. The molecule has 4 nitrogen and oxygen atoms in total. The molecule has 23 heavy (non-hydrogen) atoms. The summed E-state index contributed by atoms with van der Waals surface area (Å²) in [6.07, 6.45) is -3.23. The molecule has 0 atom stereocenters. The zero-order valence-corrected chi connectivity index (χ0v) is 14.3. The van der Waals surface area contributed by atoms with E-state index in [4.69, 9.17) is 0 Å². The Morgan fingerprint density at radius 1 is 1.22 bits per heavy atom. The van der Waals surface area contributed by atoms with Gasteiger partial charge in [-0.3, -0.25) is 0 Å². The number of hydrogen-bond acceptors (Lipinski definition) is 3. The van der Waals surface area contributed by atoms with Crippen LogP contribution in [0.5, 0.6) is 0 Å². The molecule has 0 aliphatic carbocycles. The van der Waals surface area contributed by atoms with Crippen molar-refractivity contribution in [3.63, 3.8) is 0 Å². The SMILES string of the molecule is CN(C1CCNCC1)S(=O)(=O)Cc1ccccc1C(F)(F)F.Cl. The minimum atomic E-state index is -4.56. The highest BCUT2D eigenvalue weighted by atomic mass is 35.5. The summed E-state index contributed by atoms with van der Waals surface area (Å²) in [7, 11) is -2.34. The second-order valence-corrected chi connectivity index (χ2v) is 7.44. The number of rotatable bonds is 4. The Balaban J connectivity index is 0.00000264. The minimum absolute atomic E-state index is 0. The van der Waals surface area contributed by atoms with E-state index < -0.39 is 27.5 Å². The van der Waals surface area contributed by atoms with Gasteiger partial charge in [-0.25, -0.2) is 12.7 Å². The monoisotopic (exact) mass is 372 g/mol. The van der Waals surface area contributed by atoms with Gasteiger partial charge in [-0.15, -0.1) is 12.4 Å². The molecule has 0 radical (unpaired) electrons. The van der Waals surface area contributed by atoms with E-state index in [2.05, 4.69) is 5.32 Å². The predicted molar refractivity (Wildman–Crippen MR) is 85.0 cm³/mol. The molecule has 1 aromatic rings. The molecule has 1 N–H and O–H groups in total. The molecule has 0 saturated carbocycles. The van der Waals surface area contributed by atoms with E-state index >= 15 is 0 Å². The molecule has 0 aromatic heterocycles. The van der Waals surface area contributed by atoms with Crippen molar-refractivity contribution in [3.05, 3.63) is 35.4 Å². The number of piperidine rings is 1. The predicted octanol–water partition coefficient (Wildman–Crippen LogP) is 2.64. The molecule has 1 aliphatic heterocycles. The van der Waals surface area contributed by atoms with E-state index in [1.807, 2.05) is 0 Å². The van der Waals surface area contributed by atoms with Crippen LogP contribution in [-0.2, 0) is 22.0 Å². The molecule has 0 unspecified atom stereocenters. The van der Waals surface area contributed by atoms with Crippen molar-refractivity contribution in [1.29, 1.82) is 0 Å². The van der Waals surface area contributed by atoms with Crippen LogP contribution in [0.15, 0.2) is 24.3 Å². The van der Waals surface area contributed by atoms with Gasteiger partial charge < -0.3 is 5.32 Å². The second kappa shape index (κ2) is 7.83. The Bertz CT molecular complexity index is 617. The van der Waals surface area contributed by atoms with Crippen LogP contribution in [0.3, 0.4) is 0 Å². The fourth-order valence-electron chi connectivity index (χ4n) is 2.62. The maximum atomic E-state index is 13.0. The lowest BCUT2D eigenvalue weighted by molar-refractivity contribution is -0.138. The van der Waals surface area contributed by atoms with Gasteiger partial charge in [0.15, 0.2) is 0 Å². The average Bonchev–Trinajstić information content (AvgIpc) is 2.46. The molecule has 1 aliphatic rings. The van der Waals surface area contributed by atoms with Crippen molar-refractivity contribution >= 4 is 22.4 Å². The topological polar surface area (TPSA) is 49.4 Å². The maximum absolute atomic E-state index is 13.0. The molecule has 9 heteroatoms. The van der Waals surface area contributed by atoms with Crippen LogP contribution in [0.4, 0.5) is 13.2 Å². The van der Waals surface area contributed by atoms with Crippen molar-refractivity contribution in [2.45, 2.75) is 30.8 Å². The summed E-state index contributed by atoms with van der Waals surface area (Å²) in [6.45, 7) is 1.42. The Morgan fingerprint density at radius 3 is 2.35 bits per heavy atom. The number of nitrogens with one attached hydrogen (secondary N) is 1. The van der Waals surface area contributed by atoms with Crippen LogP contribution in [-0.4, -0.2) is 38.9 Å². The summed E-state index contributed by atoms with van der Waals surface area (Å²) in [5.74, 6) is -0.636. The molecule has 1 aromatic carbocycles. The normalized spacial score (nSPS) is 17.1. The van der Waals surface area contributed by atoms with Gasteiger partial charge in [0.2, 0.25) is 10.0 Å². The third kappa shape index (κ3) is 5.07. The number of nitrogens with zero attached hydrogens (tertiary/aromatic N) is 1. The molecule has 2 rings (SSSR count). The van der Waals surface area contributed by atoms with Gasteiger partial charge in [0.05, 0.1) is 11.3 Å². The molecule has 0 spiro atoms. The molecule has 1 saturated heterocycles. The van der Waals surface area contributed by atoms with Crippen molar-refractivity contribution in [3.8, 4) is 0 Å². The summed E-state index contributed by atoms with van der Waals surface area (Å²) in [5.41, 5.74) is -1.10. The van der Waals surface area contributed by atoms with Gasteiger partial charge in [-0.2, -0.15) is 13.2 Å². The van der Waals surface area contributed by atoms with Crippen LogP contribution >= 0.6 is 12.4 Å². The van der Waals surface area contributed by atoms with Gasteiger partial charge in [0, 0.05) is 13.1 Å². The Hall–Kier alpha value is -0.830. The van der Waals surface area contributed by atoms with E-state index in [1.165, 1.54) is 29.6 Å². The summed E-state index contributed by atoms with van der Waals surface area (Å²) in [6, 6.07) is 4.65. The van der Waals surface area contributed by atoms with E-state index in [-0.39, 0.29) is 24.0 Å². The fraction of sp³-hybridized carbons (Fsp3) is 0.571. The average molecular weight is 373 g/mol. The summed E-state index contributed by atoms with van der Waals surface area (Å²) >= 11 is 0. The quantitative estimate of drug-likeness (QED) is 0.884. The summed E-state index contributed by atoms with van der Waals surface area (Å²) in [4.78, 5) is 0. The largest absolute Gasteiger partial charge is 0.416 e. The van der Waals surface area contributed by atoms with E-state index in [0.29, 0.717) is 25.9 Å². The van der Waals surface area contributed by atoms with Gasteiger partial charge in [-0.05, 0) is 37.6 Å². The maximum Gasteiger partial charge on any atom is 0.416 e. The van der Waals surface area contributed by atoms with Crippen LogP contribution in [0, 0.1) is 0 Å². The smallest absolute Gasteiger partial charge is 0.317 e. The van der Waals surface area contributed by atoms with Crippen molar-refractivity contribution < 1.29 is 21.6 Å². The van der Waals surface area contributed by atoms with Crippen molar-refractivity contribution in [2.75, 3.05) is 20.1 Å². The van der Waals surface area contributed by atoms with Crippen LogP contribution in [0.2, 0.25) is 0 Å². The van der Waals surface area contributed by atoms with Gasteiger partial charge in [0.1, 0.15) is 0 Å². The summed E-state index contributed by atoms with van der Waals surface area (Å²) < 4.78 is 64.9. The summed E-state index contributed by atoms with van der Waals surface area (Å²) in [5, 5.41) is 3.13. The first-order valence-corrected chi connectivity index (χ1v) is 8.64. The number of alkyl halides is 3. The molecular weight excluding hydrogens is 353 g/mol. The highest BCUT2D eigenvalue weighted by Gasteiger charge is 2.35. The van der Waals surface area contributed by atoms with Crippen LogP contribution in [0.1, 0.15) is 24.0 Å². The highest BCUT2D eigenvalue weighted by Crippen LogP contribution is 2.33. The first kappa shape index (κ1) is 20.2. The molecule has 0 amide bonds. The van der Waals surface area contributed by atoms with E-state index in [0.717, 1.165) is 6.07 Å². The highest BCUT2D eigenvalue weighted by molar-refractivity contribution is 7.88. The van der Waals surface area contributed by atoms with Gasteiger partial charge >= 0.3 is 6.18 Å². The van der Waals surface area contributed by atoms with Gasteiger partial charge in [0.25, 0.3) is 0 Å². The first-order valence-electron chi connectivity index (χ1n) is 7.03. The minimum Gasteiger partial charge on any atom is -0.317 e. The van der Waals surface area contributed by atoms with E-state index in [9.17, 15) is 21.6 Å². The zero-order chi connectivity index (χ0) is 16.4. The Morgan fingerprint density at radius 2 is 1.78 bits per heavy atom. The van der Waals surface area contributed by atoms with Gasteiger partial charge in [-0.1, -0.05) is 18.2 Å². The van der Waals surface area contributed by atoms with Crippen LogP contribution in [0.25, 0.3) is 0 Å². The second-order valence-electron chi connectivity index (χ2n) is 5.41. The molecule has 0 bridgehead atoms. The first-order chi connectivity index (χ1) is 10.2.